The van der Waals surface area contributed by atoms with Crippen molar-refractivity contribution in [3.63, 3.8) is 0 Å². The van der Waals surface area contributed by atoms with Crippen molar-refractivity contribution >= 4 is 17.2 Å². The van der Waals surface area contributed by atoms with E-state index in [1.165, 1.54) is 0 Å². The zero-order valence-corrected chi connectivity index (χ0v) is 17.1. The Hall–Kier alpha value is -2.15. The van der Waals surface area contributed by atoms with Crippen molar-refractivity contribution in [2.45, 2.75) is 13.8 Å². The smallest absolute Gasteiger partial charge is 0.255 e. The number of likely N-dealkylation sites (N-methyl/N-ethyl adjacent to an activating group) is 1. The molecule has 1 amide bonds. The molecule has 1 aromatic carbocycles. The van der Waals surface area contributed by atoms with Crippen LogP contribution in [-0.4, -0.2) is 46.8 Å². The monoisotopic (exact) mass is 403 g/mol. The Kier molecular flexibility index (Phi) is 8.03. The van der Waals surface area contributed by atoms with Crippen LogP contribution in [0.1, 0.15) is 24.2 Å². The number of carbonyl (C=O) groups excluding carboxylic acids is 1. The van der Waals surface area contributed by atoms with Gasteiger partial charge in [-0.15, -0.1) is 11.3 Å². The van der Waals surface area contributed by atoms with Gasteiger partial charge in [0.05, 0.1) is 16.1 Å². The fraction of sp³-hybridized carbons (Fsp3) is 0.300. The molecule has 2 aromatic heterocycles. The lowest BCUT2D eigenvalue weighted by molar-refractivity contribution is -0.0000137. The molecule has 3 aromatic rings. The zero-order valence-electron chi connectivity index (χ0n) is 15.6. The summed E-state index contributed by atoms with van der Waals surface area (Å²) in [7, 11) is 0. The maximum atomic E-state index is 12.8. The molecule has 7 heteroatoms. The number of para-hydroxylation sites is 1. The average Bonchev–Trinajstić information content (AvgIpc) is 3.35. The lowest BCUT2D eigenvalue weighted by Crippen LogP contribution is -3.00. The highest BCUT2D eigenvalue weighted by Crippen LogP contribution is 2.27. The van der Waals surface area contributed by atoms with Gasteiger partial charge in [0.2, 0.25) is 0 Å². The van der Waals surface area contributed by atoms with Gasteiger partial charge >= 0.3 is 0 Å². The Labute approximate surface area is 170 Å². The first-order valence-corrected chi connectivity index (χ1v) is 9.80. The molecule has 0 saturated heterocycles. The van der Waals surface area contributed by atoms with Gasteiger partial charge in [-0.1, -0.05) is 38.1 Å². The lowest BCUT2D eigenvalue weighted by Gasteiger charge is -2.17. The molecule has 3 rings (SSSR count). The van der Waals surface area contributed by atoms with Crippen molar-refractivity contribution < 1.29 is 17.2 Å². The minimum atomic E-state index is -0.0808. The number of nitrogens with zero attached hydrogens (tertiary/aromatic N) is 3. The van der Waals surface area contributed by atoms with Gasteiger partial charge in [-0.05, 0) is 36.7 Å². The Morgan fingerprint density at radius 3 is 2.52 bits per heavy atom. The quantitative estimate of drug-likeness (QED) is 0.601. The Morgan fingerprint density at radius 2 is 1.89 bits per heavy atom. The summed E-state index contributed by atoms with van der Waals surface area (Å²) >= 11 is 1.59. The summed E-state index contributed by atoms with van der Waals surface area (Å²) in [6, 6.07) is 13.8. The average molecular weight is 404 g/mol. The molecule has 0 aliphatic rings. The number of benzene rings is 1. The van der Waals surface area contributed by atoms with E-state index in [-0.39, 0.29) is 18.3 Å². The van der Waals surface area contributed by atoms with E-state index in [1.54, 1.807) is 16.0 Å². The van der Waals surface area contributed by atoms with Gasteiger partial charge in [-0.2, -0.15) is 5.10 Å². The summed E-state index contributed by atoms with van der Waals surface area (Å²) in [6.45, 7) is 7.70. The van der Waals surface area contributed by atoms with E-state index in [4.69, 9.17) is 0 Å². The van der Waals surface area contributed by atoms with Gasteiger partial charge in [0, 0.05) is 19.3 Å². The molecule has 0 unspecified atom stereocenters. The molecule has 144 valence electrons. The van der Waals surface area contributed by atoms with Crippen molar-refractivity contribution in [1.29, 1.82) is 0 Å². The minimum absolute atomic E-state index is 0. The topological polar surface area (TPSA) is 50.2 Å². The fourth-order valence-corrected chi connectivity index (χ4v) is 3.53. The molecule has 0 spiro atoms. The number of amides is 1. The van der Waals surface area contributed by atoms with Crippen molar-refractivity contribution in [3.8, 4) is 16.3 Å². The second kappa shape index (κ2) is 10.3. The third kappa shape index (κ3) is 5.19. The number of hydrogen-bond acceptors (Lipinski definition) is 4. The molecular formula is C20H24ClN4OS-. The molecule has 27 heavy (non-hydrogen) atoms. The predicted octanol–water partition coefficient (Wildman–Crippen LogP) is 0.676. The molecule has 0 aliphatic heterocycles. The summed E-state index contributed by atoms with van der Waals surface area (Å²) in [5, 5.41) is 9.71. The lowest BCUT2D eigenvalue weighted by atomic mass is 10.2. The first-order valence-electron chi connectivity index (χ1n) is 8.92. The zero-order chi connectivity index (χ0) is 18.4. The third-order valence-corrected chi connectivity index (χ3v) is 5.22. The molecule has 0 bridgehead atoms. The van der Waals surface area contributed by atoms with E-state index < -0.39 is 0 Å². The number of carbonyl (C=O) groups is 1. The van der Waals surface area contributed by atoms with Crippen LogP contribution < -0.4 is 17.7 Å². The van der Waals surface area contributed by atoms with Crippen molar-refractivity contribution in [2.75, 3.05) is 26.2 Å². The van der Waals surface area contributed by atoms with Crippen molar-refractivity contribution in [2.24, 2.45) is 0 Å². The summed E-state index contributed by atoms with van der Waals surface area (Å²) in [6.07, 6.45) is 1.82. The minimum Gasteiger partial charge on any atom is -1.00 e. The summed E-state index contributed by atoms with van der Waals surface area (Å²) in [5.41, 5.74) is 2.27. The van der Waals surface area contributed by atoms with Crippen LogP contribution in [0, 0.1) is 0 Å². The van der Waals surface area contributed by atoms with Crippen LogP contribution in [0.3, 0.4) is 0 Å². The molecule has 0 aliphatic carbocycles. The number of nitrogens with one attached hydrogen (secondary N) is 1. The van der Waals surface area contributed by atoms with E-state index >= 15 is 0 Å². The number of rotatable bonds is 8. The number of thiophene rings is 1. The van der Waals surface area contributed by atoms with Crippen LogP contribution in [0.5, 0.6) is 0 Å². The number of halogens is 1. The molecule has 0 atom stereocenters. The highest BCUT2D eigenvalue weighted by Gasteiger charge is 2.19. The second-order valence-corrected chi connectivity index (χ2v) is 6.88. The fourth-order valence-electron chi connectivity index (χ4n) is 2.81. The van der Waals surface area contributed by atoms with Crippen LogP contribution in [0.25, 0.3) is 16.3 Å². The maximum absolute atomic E-state index is 12.8. The highest BCUT2D eigenvalue weighted by molar-refractivity contribution is 7.13. The van der Waals surface area contributed by atoms with Gasteiger partial charge in [0.1, 0.15) is 5.69 Å². The summed E-state index contributed by atoms with van der Waals surface area (Å²) < 4.78 is 1.77. The second-order valence-electron chi connectivity index (χ2n) is 5.93. The van der Waals surface area contributed by atoms with Crippen LogP contribution in [0.2, 0.25) is 0 Å². The van der Waals surface area contributed by atoms with Crippen LogP contribution in [0.4, 0.5) is 0 Å². The number of aromatic nitrogens is 2. The summed E-state index contributed by atoms with van der Waals surface area (Å²) in [5.74, 6) is -0.0808. The molecule has 2 heterocycles. The van der Waals surface area contributed by atoms with Gasteiger partial charge in [-0.3, -0.25) is 4.79 Å². The summed E-state index contributed by atoms with van der Waals surface area (Å²) in [4.78, 5) is 16.1. The normalized spacial score (nSPS) is 10.6. The SMILES string of the molecule is CCN(CC)CCNC(=O)c1cn(-c2ccccc2)nc1-c1cccs1.[Cl-]. The molecule has 0 radical (unpaired) electrons. The third-order valence-electron chi connectivity index (χ3n) is 4.34. The largest absolute Gasteiger partial charge is 1.00 e. The molecular weight excluding hydrogens is 380 g/mol. The first kappa shape index (κ1) is 21.2. The van der Waals surface area contributed by atoms with E-state index in [9.17, 15) is 4.79 Å². The Morgan fingerprint density at radius 1 is 1.15 bits per heavy atom. The Bertz CT molecular complexity index is 829. The van der Waals surface area contributed by atoms with Gasteiger partial charge in [-0.25, -0.2) is 4.68 Å². The van der Waals surface area contributed by atoms with Crippen LogP contribution >= 0.6 is 11.3 Å². The maximum Gasteiger partial charge on any atom is 0.255 e. The van der Waals surface area contributed by atoms with E-state index in [0.29, 0.717) is 12.1 Å². The van der Waals surface area contributed by atoms with Crippen LogP contribution in [0.15, 0.2) is 54.0 Å². The molecule has 5 nitrogen and oxygen atoms in total. The van der Waals surface area contributed by atoms with Crippen LogP contribution in [-0.2, 0) is 0 Å². The predicted molar refractivity (Wildman–Crippen MR) is 107 cm³/mol. The van der Waals surface area contributed by atoms with E-state index in [1.807, 2.05) is 54.0 Å². The van der Waals surface area contributed by atoms with Gasteiger partial charge < -0.3 is 22.6 Å². The first-order chi connectivity index (χ1) is 12.7. The van der Waals surface area contributed by atoms with Crippen molar-refractivity contribution in [1.82, 2.24) is 20.0 Å². The van der Waals surface area contributed by atoms with Gasteiger partial charge in [0.25, 0.3) is 5.91 Å². The molecule has 1 N–H and O–H groups in total. The highest BCUT2D eigenvalue weighted by atomic mass is 35.5. The standard InChI is InChI=1S/C20H24N4OS.ClH/c1-3-23(4-2)13-12-21-20(25)17-15-24(16-9-6-5-7-10-16)22-19(17)18-11-8-14-26-18;/h5-11,14-15H,3-4,12-13H2,1-2H3,(H,21,25);1H/p-1. The number of hydrogen-bond donors (Lipinski definition) is 1. The Balaban J connectivity index is 0.00000261. The van der Waals surface area contributed by atoms with E-state index in [2.05, 4.69) is 29.2 Å². The van der Waals surface area contributed by atoms with E-state index in [0.717, 1.165) is 35.9 Å². The van der Waals surface area contributed by atoms with Crippen molar-refractivity contribution in [3.05, 3.63) is 59.6 Å². The van der Waals surface area contributed by atoms with Gasteiger partial charge in [0.15, 0.2) is 0 Å². The molecule has 0 saturated carbocycles. The molecule has 0 fully saturated rings.